The Balaban J connectivity index is 1.43. The highest BCUT2D eigenvalue weighted by atomic mass is 32.1. The number of aromatic nitrogens is 1. The summed E-state index contributed by atoms with van der Waals surface area (Å²) in [7, 11) is 0. The molecule has 0 fully saturated rings. The van der Waals surface area contributed by atoms with Gasteiger partial charge in [-0.2, -0.15) is 0 Å². The highest BCUT2D eigenvalue weighted by Gasteiger charge is 2.12. The molecule has 1 heterocycles. The SMILES string of the molecule is Cc1ccc(-c2nc3cc(NC(=S)NC(=O)c4ccc(OC(C)C)cc4)ccc3o2)cc1C. The fourth-order valence-electron chi connectivity index (χ4n) is 3.30. The van der Waals surface area contributed by atoms with E-state index in [9.17, 15) is 4.79 Å². The molecule has 6 nitrogen and oxygen atoms in total. The van der Waals surface area contributed by atoms with Gasteiger partial charge in [0, 0.05) is 16.8 Å². The van der Waals surface area contributed by atoms with E-state index in [1.54, 1.807) is 24.3 Å². The number of thiocarbonyl (C=S) groups is 1. The zero-order valence-corrected chi connectivity index (χ0v) is 19.7. The smallest absolute Gasteiger partial charge is 0.257 e. The molecule has 33 heavy (non-hydrogen) atoms. The van der Waals surface area contributed by atoms with E-state index in [4.69, 9.17) is 21.4 Å². The maximum absolute atomic E-state index is 12.5. The summed E-state index contributed by atoms with van der Waals surface area (Å²) in [6.45, 7) is 8.03. The average molecular weight is 460 g/mol. The molecule has 0 bridgehead atoms. The molecule has 0 saturated heterocycles. The molecule has 3 aromatic carbocycles. The van der Waals surface area contributed by atoms with Crippen LogP contribution in [0.4, 0.5) is 5.69 Å². The first-order valence-electron chi connectivity index (χ1n) is 10.7. The Bertz CT molecular complexity index is 1330. The van der Waals surface area contributed by atoms with Crippen molar-refractivity contribution in [1.29, 1.82) is 0 Å². The minimum absolute atomic E-state index is 0.0700. The molecule has 0 aliphatic rings. The first-order valence-corrected chi connectivity index (χ1v) is 11.1. The third kappa shape index (κ3) is 5.38. The van der Waals surface area contributed by atoms with Crippen LogP contribution in [0.2, 0.25) is 0 Å². The van der Waals surface area contributed by atoms with Gasteiger partial charge in [0.1, 0.15) is 11.3 Å². The number of nitrogens with zero attached hydrogens (tertiary/aromatic N) is 1. The third-order valence-corrected chi connectivity index (χ3v) is 5.32. The van der Waals surface area contributed by atoms with Crippen molar-refractivity contribution in [2.24, 2.45) is 0 Å². The van der Waals surface area contributed by atoms with Crippen LogP contribution in [0.5, 0.6) is 5.75 Å². The lowest BCUT2D eigenvalue weighted by Crippen LogP contribution is -2.34. The van der Waals surface area contributed by atoms with Crippen molar-refractivity contribution in [2.45, 2.75) is 33.8 Å². The van der Waals surface area contributed by atoms with E-state index in [1.165, 1.54) is 11.1 Å². The van der Waals surface area contributed by atoms with Crippen LogP contribution in [0.25, 0.3) is 22.6 Å². The van der Waals surface area contributed by atoms with Gasteiger partial charge in [0.2, 0.25) is 5.89 Å². The maximum atomic E-state index is 12.5. The Hall–Kier alpha value is -3.71. The molecule has 4 rings (SSSR count). The number of anilines is 1. The van der Waals surface area contributed by atoms with E-state index in [-0.39, 0.29) is 17.1 Å². The van der Waals surface area contributed by atoms with Gasteiger partial charge in [-0.3, -0.25) is 10.1 Å². The number of hydrogen-bond donors (Lipinski definition) is 2. The van der Waals surface area contributed by atoms with Crippen LogP contribution in [0.1, 0.15) is 35.3 Å². The Kier molecular flexibility index (Phi) is 6.42. The molecule has 0 spiro atoms. The molecule has 1 amide bonds. The summed E-state index contributed by atoms with van der Waals surface area (Å²) in [5.41, 5.74) is 5.89. The number of fused-ring (bicyclic) bond motifs is 1. The van der Waals surface area contributed by atoms with Crippen molar-refractivity contribution in [2.75, 3.05) is 5.32 Å². The third-order valence-electron chi connectivity index (χ3n) is 5.11. The monoisotopic (exact) mass is 459 g/mol. The van der Waals surface area contributed by atoms with Gasteiger partial charge in [0.25, 0.3) is 5.91 Å². The van der Waals surface area contributed by atoms with Gasteiger partial charge in [-0.25, -0.2) is 4.98 Å². The van der Waals surface area contributed by atoms with Crippen molar-refractivity contribution < 1.29 is 13.9 Å². The summed E-state index contributed by atoms with van der Waals surface area (Å²) in [6.07, 6.45) is 0.0700. The number of amides is 1. The van der Waals surface area contributed by atoms with Crippen LogP contribution in [-0.4, -0.2) is 22.1 Å². The number of ether oxygens (including phenoxy) is 1. The molecule has 7 heteroatoms. The van der Waals surface area contributed by atoms with Crippen LogP contribution in [0.3, 0.4) is 0 Å². The van der Waals surface area contributed by atoms with Crippen LogP contribution in [0.15, 0.2) is 65.1 Å². The predicted octanol–water partition coefficient (Wildman–Crippen LogP) is 6.03. The van der Waals surface area contributed by atoms with Crippen LogP contribution < -0.4 is 15.4 Å². The number of oxazole rings is 1. The van der Waals surface area contributed by atoms with Crippen molar-refractivity contribution in [1.82, 2.24) is 10.3 Å². The van der Waals surface area contributed by atoms with Crippen LogP contribution in [0, 0.1) is 13.8 Å². The lowest BCUT2D eigenvalue weighted by Gasteiger charge is -2.11. The molecular weight excluding hydrogens is 434 g/mol. The van der Waals surface area contributed by atoms with Gasteiger partial charge in [0.05, 0.1) is 6.10 Å². The number of carbonyl (C=O) groups is 1. The molecular formula is C26H25N3O3S. The molecule has 168 valence electrons. The van der Waals surface area contributed by atoms with Crippen LogP contribution in [-0.2, 0) is 0 Å². The Morgan fingerprint density at radius 2 is 1.76 bits per heavy atom. The lowest BCUT2D eigenvalue weighted by molar-refractivity contribution is 0.0977. The first kappa shape index (κ1) is 22.5. The summed E-state index contributed by atoms with van der Waals surface area (Å²) >= 11 is 5.31. The number of carbonyl (C=O) groups excluding carboxylic acids is 1. The largest absolute Gasteiger partial charge is 0.491 e. The van der Waals surface area contributed by atoms with Gasteiger partial charge < -0.3 is 14.5 Å². The van der Waals surface area contributed by atoms with E-state index < -0.39 is 0 Å². The second kappa shape index (κ2) is 9.42. The fourth-order valence-corrected chi connectivity index (χ4v) is 3.51. The number of benzene rings is 3. The lowest BCUT2D eigenvalue weighted by atomic mass is 10.1. The highest BCUT2D eigenvalue weighted by molar-refractivity contribution is 7.80. The minimum atomic E-state index is -0.303. The van der Waals surface area contributed by atoms with E-state index >= 15 is 0 Å². The average Bonchev–Trinajstić information content (AvgIpc) is 3.19. The highest BCUT2D eigenvalue weighted by Crippen LogP contribution is 2.27. The number of hydrogen-bond acceptors (Lipinski definition) is 5. The summed E-state index contributed by atoms with van der Waals surface area (Å²) < 4.78 is 11.5. The summed E-state index contributed by atoms with van der Waals surface area (Å²) in [6, 6.07) is 18.5. The fraction of sp³-hybridized carbons (Fsp3) is 0.192. The van der Waals surface area contributed by atoms with Gasteiger partial charge in [-0.1, -0.05) is 6.07 Å². The molecule has 0 aliphatic heterocycles. The Morgan fingerprint density at radius 1 is 1.00 bits per heavy atom. The van der Waals surface area contributed by atoms with E-state index in [1.807, 2.05) is 38.1 Å². The van der Waals surface area contributed by atoms with Crippen LogP contribution >= 0.6 is 12.2 Å². The zero-order chi connectivity index (χ0) is 23.5. The van der Waals surface area contributed by atoms with E-state index in [2.05, 4.69) is 41.6 Å². The van der Waals surface area contributed by atoms with Gasteiger partial charge in [0.15, 0.2) is 10.7 Å². The molecule has 4 aromatic rings. The maximum Gasteiger partial charge on any atom is 0.257 e. The minimum Gasteiger partial charge on any atom is -0.491 e. The topological polar surface area (TPSA) is 76.4 Å². The standard InChI is InChI=1S/C26H25N3O3S/c1-15(2)31-21-10-7-18(8-11-21)24(30)29-26(33)27-20-9-12-23-22(14-20)28-25(32-23)19-6-5-16(3)17(4)13-19/h5-15H,1-4H3,(H2,27,29,30,33). The number of nitrogens with one attached hydrogen (secondary N) is 2. The molecule has 1 aromatic heterocycles. The summed E-state index contributed by atoms with van der Waals surface area (Å²) in [4.78, 5) is 17.1. The van der Waals surface area contributed by atoms with Gasteiger partial charge in [-0.15, -0.1) is 0 Å². The molecule has 0 radical (unpaired) electrons. The molecule has 0 aliphatic carbocycles. The summed E-state index contributed by atoms with van der Waals surface area (Å²) in [5.74, 6) is 0.970. The van der Waals surface area contributed by atoms with Gasteiger partial charge >= 0.3 is 0 Å². The number of aryl methyl sites for hydroxylation is 2. The zero-order valence-electron chi connectivity index (χ0n) is 18.9. The molecule has 0 saturated carbocycles. The van der Waals surface area contributed by atoms with Crippen molar-refractivity contribution in [3.63, 3.8) is 0 Å². The first-order chi connectivity index (χ1) is 15.8. The van der Waals surface area contributed by atoms with Crippen molar-refractivity contribution >= 4 is 40.0 Å². The normalized spacial score (nSPS) is 10.9. The molecule has 0 atom stereocenters. The van der Waals surface area contributed by atoms with E-state index in [0.29, 0.717) is 34.0 Å². The second-order valence-electron chi connectivity index (χ2n) is 8.10. The van der Waals surface area contributed by atoms with E-state index in [0.717, 1.165) is 5.56 Å². The quantitative estimate of drug-likeness (QED) is 0.355. The van der Waals surface area contributed by atoms with Gasteiger partial charge in [-0.05, 0) is 106 Å². The molecule has 0 unspecified atom stereocenters. The summed E-state index contributed by atoms with van der Waals surface area (Å²) in [5, 5.41) is 5.92. The van der Waals surface area contributed by atoms with Crippen molar-refractivity contribution in [3.8, 4) is 17.2 Å². The Labute approximate surface area is 198 Å². The predicted molar refractivity (Wildman–Crippen MR) is 135 cm³/mol. The number of rotatable bonds is 5. The Morgan fingerprint density at radius 3 is 2.45 bits per heavy atom. The van der Waals surface area contributed by atoms with Crippen molar-refractivity contribution in [3.05, 3.63) is 77.4 Å². The second-order valence-corrected chi connectivity index (χ2v) is 8.51. The molecule has 2 N–H and O–H groups in total.